The van der Waals surface area contributed by atoms with Crippen LogP contribution >= 0.6 is 11.8 Å². The topological polar surface area (TPSA) is 55.1 Å². The quantitative estimate of drug-likeness (QED) is 0.877. The Morgan fingerprint density at radius 2 is 1.95 bits per heavy atom. The van der Waals surface area contributed by atoms with E-state index in [4.69, 9.17) is 5.73 Å². The monoisotopic (exact) mass is 292 g/mol. The van der Waals surface area contributed by atoms with Crippen molar-refractivity contribution < 1.29 is 4.79 Å². The molecule has 2 rings (SSSR count). The van der Waals surface area contributed by atoms with Gasteiger partial charge in [-0.1, -0.05) is 30.5 Å². The maximum absolute atomic E-state index is 12.6. The van der Waals surface area contributed by atoms with Crippen LogP contribution in [0.15, 0.2) is 29.2 Å². The largest absolute Gasteiger partial charge is 0.351 e. The van der Waals surface area contributed by atoms with Crippen molar-refractivity contribution in [1.29, 1.82) is 0 Å². The molecule has 1 aliphatic carbocycles. The van der Waals surface area contributed by atoms with E-state index in [2.05, 4.69) is 36.5 Å². The number of hydrogen-bond acceptors (Lipinski definition) is 3. The smallest absolute Gasteiger partial charge is 0.236 e. The van der Waals surface area contributed by atoms with E-state index in [1.54, 1.807) is 11.8 Å². The Kier molecular flexibility index (Phi) is 5.11. The number of aryl methyl sites for hydroxylation is 1. The zero-order valence-corrected chi connectivity index (χ0v) is 13.1. The minimum Gasteiger partial charge on any atom is -0.351 e. The second kappa shape index (κ2) is 6.64. The third-order valence-electron chi connectivity index (χ3n) is 3.89. The molecule has 0 saturated heterocycles. The summed E-state index contributed by atoms with van der Waals surface area (Å²) >= 11 is 1.72. The van der Waals surface area contributed by atoms with Gasteiger partial charge in [0.1, 0.15) is 0 Å². The number of benzene rings is 1. The summed E-state index contributed by atoms with van der Waals surface area (Å²) in [6.45, 7) is 4.52. The zero-order valence-electron chi connectivity index (χ0n) is 12.3. The lowest BCUT2D eigenvalue weighted by molar-refractivity contribution is -0.123. The van der Waals surface area contributed by atoms with Crippen molar-refractivity contribution in [1.82, 2.24) is 5.32 Å². The van der Waals surface area contributed by atoms with Crippen LogP contribution < -0.4 is 11.1 Å². The predicted molar refractivity (Wildman–Crippen MR) is 84.9 cm³/mol. The van der Waals surface area contributed by atoms with E-state index in [1.807, 2.05) is 6.92 Å². The number of nitrogens with two attached hydrogens (primary N) is 1. The zero-order chi connectivity index (χ0) is 14.6. The molecule has 0 aliphatic heterocycles. The molecule has 4 heteroatoms. The highest BCUT2D eigenvalue weighted by atomic mass is 32.2. The number of amides is 1. The van der Waals surface area contributed by atoms with Gasteiger partial charge < -0.3 is 11.1 Å². The minimum atomic E-state index is -0.307. The molecule has 0 spiro atoms. The average Bonchev–Trinajstić information content (AvgIpc) is 2.91. The van der Waals surface area contributed by atoms with Gasteiger partial charge in [0.15, 0.2) is 0 Å². The fourth-order valence-corrected chi connectivity index (χ4v) is 3.94. The van der Waals surface area contributed by atoms with Crippen molar-refractivity contribution in [2.45, 2.75) is 55.2 Å². The van der Waals surface area contributed by atoms with E-state index in [0.717, 1.165) is 25.7 Å². The molecule has 1 aromatic carbocycles. The molecular weight excluding hydrogens is 268 g/mol. The molecule has 3 nitrogen and oxygen atoms in total. The summed E-state index contributed by atoms with van der Waals surface area (Å²) in [5.41, 5.74) is 6.86. The highest BCUT2D eigenvalue weighted by molar-refractivity contribution is 8.01. The molecule has 3 N–H and O–H groups in total. The van der Waals surface area contributed by atoms with Gasteiger partial charge in [-0.2, -0.15) is 0 Å². The van der Waals surface area contributed by atoms with Gasteiger partial charge in [-0.25, -0.2) is 0 Å². The van der Waals surface area contributed by atoms with Gasteiger partial charge >= 0.3 is 0 Å². The normalized spacial score (nSPS) is 18.8. The molecule has 0 aromatic heterocycles. The first-order chi connectivity index (χ1) is 9.55. The molecule has 0 bridgehead atoms. The van der Waals surface area contributed by atoms with Crippen molar-refractivity contribution in [3.05, 3.63) is 29.8 Å². The Morgan fingerprint density at radius 1 is 1.35 bits per heavy atom. The van der Waals surface area contributed by atoms with E-state index in [-0.39, 0.29) is 16.7 Å². The highest BCUT2D eigenvalue weighted by Crippen LogP contribution is 2.45. The van der Waals surface area contributed by atoms with E-state index in [0.29, 0.717) is 6.54 Å². The van der Waals surface area contributed by atoms with E-state index in [1.165, 1.54) is 10.5 Å². The maximum Gasteiger partial charge on any atom is 0.236 e. The van der Waals surface area contributed by atoms with Crippen LogP contribution in [0.2, 0.25) is 0 Å². The second-order valence-corrected chi connectivity index (χ2v) is 7.18. The second-order valence-electron chi connectivity index (χ2n) is 5.73. The molecule has 0 unspecified atom stereocenters. The van der Waals surface area contributed by atoms with Crippen LogP contribution in [-0.2, 0) is 4.79 Å². The van der Waals surface area contributed by atoms with Crippen LogP contribution in [0.25, 0.3) is 0 Å². The Labute approximate surface area is 125 Å². The standard InChI is InChI=1S/C16H24N2OS/c1-12-5-7-14(8-6-12)20-16(9-3-4-10-16)15(19)18-13(2)11-17/h5-8,13H,3-4,9-11,17H2,1-2H3,(H,18,19)/t13-/m0/s1. The number of carbonyl (C=O) groups is 1. The summed E-state index contributed by atoms with van der Waals surface area (Å²) in [6, 6.07) is 8.47. The molecule has 1 saturated carbocycles. The van der Waals surface area contributed by atoms with E-state index in [9.17, 15) is 4.79 Å². The summed E-state index contributed by atoms with van der Waals surface area (Å²) in [7, 11) is 0. The summed E-state index contributed by atoms with van der Waals surface area (Å²) in [5.74, 6) is 0.151. The predicted octanol–water partition coefficient (Wildman–Crippen LogP) is 2.86. The molecule has 0 heterocycles. The fraction of sp³-hybridized carbons (Fsp3) is 0.562. The molecule has 110 valence electrons. The third kappa shape index (κ3) is 3.55. The summed E-state index contributed by atoms with van der Waals surface area (Å²) < 4.78 is -0.307. The number of thioether (sulfide) groups is 1. The lowest BCUT2D eigenvalue weighted by atomic mass is 10.1. The average molecular weight is 292 g/mol. The molecule has 1 fully saturated rings. The molecule has 20 heavy (non-hydrogen) atoms. The van der Waals surface area contributed by atoms with Crippen LogP contribution in [-0.4, -0.2) is 23.2 Å². The van der Waals surface area contributed by atoms with E-state index >= 15 is 0 Å². The molecule has 1 atom stereocenters. The highest BCUT2D eigenvalue weighted by Gasteiger charge is 2.42. The Bertz CT molecular complexity index is 452. The number of nitrogens with one attached hydrogen (secondary N) is 1. The first kappa shape index (κ1) is 15.4. The van der Waals surface area contributed by atoms with Crippen LogP contribution in [0.3, 0.4) is 0 Å². The number of hydrogen-bond donors (Lipinski definition) is 2. The van der Waals surface area contributed by atoms with Gasteiger partial charge in [-0.15, -0.1) is 11.8 Å². The number of rotatable bonds is 5. The van der Waals surface area contributed by atoms with Gasteiger partial charge in [0.05, 0.1) is 4.75 Å². The lowest BCUT2D eigenvalue weighted by Gasteiger charge is -2.28. The maximum atomic E-state index is 12.6. The molecule has 1 aliphatic rings. The van der Waals surface area contributed by atoms with Gasteiger partial charge in [-0.3, -0.25) is 4.79 Å². The molecular formula is C16H24N2OS. The van der Waals surface area contributed by atoms with Crippen molar-refractivity contribution in [3.8, 4) is 0 Å². The van der Waals surface area contributed by atoms with Crippen molar-refractivity contribution in [2.75, 3.05) is 6.54 Å². The summed E-state index contributed by atoms with van der Waals surface area (Å²) in [5, 5.41) is 3.06. The van der Waals surface area contributed by atoms with E-state index < -0.39 is 0 Å². The lowest BCUT2D eigenvalue weighted by Crippen LogP contribution is -2.48. The van der Waals surface area contributed by atoms with Crippen molar-refractivity contribution in [3.63, 3.8) is 0 Å². The number of carbonyl (C=O) groups excluding carboxylic acids is 1. The van der Waals surface area contributed by atoms with Crippen LogP contribution in [0.4, 0.5) is 0 Å². The Hall–Kier alpha value is -1.00. The van der Waals surface area contributed by atoms with Crippen LogP contribution in [0, 0.1) is 6.92 Å². The minimum absolute atomic E-state index is 0.0404. The Balaban J connectivity index is 2.13. The first-order valence-corrected chi connectivity index (χ1v) is 8.14. The van der Waals surface area contributed by atoms with Crippen molar-refractivity contribution in [2.24, 2.45) is 5.73 Å². The van der Waals surface area contributed by atoms with Gasteiger partial charge in [0.2, 0.25) is 5.91 Å². The first-order valence-electron chi connectivity index (χ1n) is 7.32. The van der Waals surface area contributed by atoms with Gasteiger partial charge in [0.25, 0.3) is 0 Å². The molecule has 1 aromatic rings. The van der Waals surface area contributed by atoms with Crippen LogP contribution in [0.5, 0.6) is 0 Å². The molecule has 0 radical (unpaired) electrons. The molecule has 1 amide bonds. The van der Waals surface area contributed by atoms with Crippen LogP contribution in [0.1, 0.15) is 38.2 Å². The van der Waals surface area contributed by atoms with Gasteiger partial charge in [0, 0.05) is 17.5 Å². The van der Waals surface area contributed by atoms with Crippen molar-refractivity contribution >= 4 is 17.7 Å². The Morgan fingerprint density at radius 3 is 2.50 bits per heavy atom. The SMILES string of the molecule is Cc1ccc(SC2(C(=O)N[C@@H](C)CN)CCCC2)cc1. The third-order valence-corrected chi connectivity index (χ3v) is 5.38. The van der Waals surface area contributed by atoms with Gasteiger partial charge in [-0.05, 0) is 38.8 Å². The summed E-state index contributed by atoms with van der Waals surface area (Å²) in [4.78, 5) is 13.8. The summed E-state index contributed by atoms with van der Waals surface area (Å²) in [6.07, 6.45) is 4.16. The fourth-order valence-electron chi connectivity index (χ4n) is 2.57.